The molecule has 720 valence electrons. The highest BCUT2D eigenvalue weighted by Gasteiger charge is 2.21. The van der Waals surface area contributed by atoms with Gasteiger partial charge in [-0.15, -0.1) is 0 Å². The number of hydrogen-bond donors (Lipinski definition) is 0. The molecule has 0 N–H and O–H groups in total. The molecule has 0 fully saturated rings. The second-order valence-corrected chi connectivity index (χ2v) is 34.3. The van der Waals surface area contributed by atoms with Gasteiger partial charge in [0.05, 0.1) is 51.7 Å². The van der Waals surface area contributed by atoms with Gasteiger partial charge in [0.2, 0.25) is 29.5 Å². The summed E-state index contributed by atoms with van der Waals surface area (Å²) in [6.45, 7) is 9.14. The minimum Gasteiger partial charge on any atom is -0.294 e. The maximum Gasteiger partial charge on any atom is 0.247 e. The number of hydrogen-bond acceptors (Lipinski definition) is 22. The molecule has 0 unspecified atom stereocenters. The van der Waals surface area contributed by atoms with Crippen LogP contribution in [0, 0.1) is 0 Å². The molecule has 0 aliphatic rings. The molecule has 27 heteroatoms. The van der Waals surface area contributed by atoms with E-state index < -0.39 is 0 Å². The number of rotatable bonds is 30. The van der Waals surface area contributed by atoms with Gasteiger partial charge in [0.1, 0.15) is 18.2 Å². The summed E-state index contributed by atoms with van der Waals surface area (Å²) in [5.41, 5.74) is 22.3. The smallest absolute Gasteiger partial charge is 0.247 e. The van der Waals surface area contributed by atoms with Crippen LogP contribution in [0.25, 0.3) is 111 Å². The Kier molecular flexibility index (Phi) is 33.2. The average molecular weight is 1920 g/mol. The van der Waals surface area contributed by atoms with Crippen LogP contribution in [0.4, 0.5) is 0 Å². The molecule has 0 atom stereocenters. The van der Waals surface area contributed by atoms with Crippen molar-refractivity contribution in [3.05, 3.63) is 410 Å². The molecule has 12 aromatic heterocycles. The number of fused-ring (bicyclic) bond motifs is 5. The molecule has 12 heterocycles. The number of imidazole rings is 2. The van der Waals surface area contributed by atoms with Crippen LogP contribution in [0.1, 0.15) is 202 Å². The van der Waals surface area contributed by atoms with Gasteiger partial charge in [-0.1, -0.05) is 204 Å². The van der Waals surface area contributed by atoms with E-state index in [0.717, 1.165) is 111 Å². The second-order valence-electron chi connectivity index (χ2n) is 34.3. The number of aryl methyl sites for hydroxylation is 5. The SMILES string of the molecule is CCC(=O)n1ccc2cc(-c3ccc(C(=O)CCc4cccnc4)cc3)ccc21.CCC(=O)n1ccc2nc(-c3ccc(C(=O)CCc4cccnc4)cc3)ncc21.CCC(=O)n1cnc2cc(-c3ccc(C(=O)CCc4cccnc4)cc3)ccc21.CCC(=O)n1cnc2nc(-c3ccc(C(=O)CCc4cccnc4)cc3)ncc21.CCC(=O)n1ncc2cc(-c3ccc(C(=O)CCc4cccnc4)cc3)ccc21. The summed E-state index contributed by atoms with van der Waals surface area (Å²) in [7, 11) is 0. The van der Waals surface area contributed by atoms with E-state index in [2.05, 4.69) is 66.0 Å². The number of aromatic nitrogens is 17. The molecule has 0 bridgehead atoms. The number of carbonyl (C=O) groups is 10. The van der Waals surface area contributed by atoms with E-state index in [-0.39, 0.29) is 58.5 Å². The van der Waals surface area contributed by atoms with Crippen molar-refractivity contribution in [2.75, 3.05) is 0 Å². The van der Waals surface area contributed by atoms with Crippen molar-refractivity contribution in [2.24, 2.45) is 0 Å². The summed E-state index contributed by atoms with van der Waals surface area (Å²) < 4.78 is 7.77. The fourth-order valence-corrected chi connectivity index (χ4v) is 16.5. The Morgan fingerprint density at radius 1 is 0.248 bits per heavy atom. The molecule has 0 spiro atoms. The number of benzene rings is 8. The lowest BCUT2D eigenvalue weighted by Gasteiger charge is -2.06. The number of ketones is 5. The van der Waals surface area contributed by atoms with Gasteiger partial charge < -0.3 is 0 Å². The molecule has 0 radical (unpaired) electrons. The van der Waals surface area contributed by atoms with E-state index in [0.29, 0.717) is 152 Å². The van der Waals surface area contributed by atoms with Crippen molar-refractivity contribution >= 4 is 113 Å². The second kappa shape index (κ2) is 48.2. The molecule has 20 rings (SSSR count). The molecule has 27 nitrogen and oxygen atoms in total. The highest BCUT2D eigenvalue weighted by atomic mass is 16.2. The average Bonchev–Trinajstić information content (AvgIpc) is 1.69. The first-order chi connectivity index (χ1) is 70.8. The standard InChI is InChI=1S/C25H22N2O2.2C24H21N3O2.C23H20N4O2.C22H19N5O2/c1-2-25(29)27-15-13-22-16-21(10-11-23(22)27)19-6-8-20(9-7-19)24(28)12-5-18-4-3-14-26-17-18;1-2-24(29)27-16-26-21-14-20(10-11-22(21)27)18-6-8-19(9-7-18)23(28)12-5-17-4-3-13-25-15-17;1-2-24(29)27-22-11-10-20(14-21(22)16-26-27)18-6-8-19(9-7-18)23(28)12-5-17-4-3-13-25-15-17;1-2-22(29)27-13-11-19-20(27)15-25-23(26-19)18-8-6-17(7-9-18)21(28)10-5-16-4-3-12-24-14-16;1-2-20(29)27-14-25-22-18(27)13-24-21(26-22)17-8-6-16(7-9-17)19(28)10-5-15-4-3-11-23-12-15/h3-4,6-11,13-17H,2,5,12H2,1H3;2*3-4,6-11,13-16H,2,5,12H2,1H3;3-4,6-9,11-15H,2,5,10H2,1H3;3-4,6-9,11-14H,2,5,10H2,1H3. The van der Waals surface area contributed by atoms with Gasteiger partial charge in [-0.05, 0) is 172 Å². The van der Waals surface area contributed by atoms with Crippen molar-refractivity contribution in [1.29, 1.82) is 0 Å². The van der Waals surface area contributed by atoms with Gasteiger partial charge in [0.15, 0.2) is 46.2 Å². The van der Waals surface area contributed by atoms with Crippen LogP contribution in [-0.2, 0) is 32.1 Å². The minimum atomic E-state index is -0.0574. The Morgan fingerprint density at radius 3 is 0.966 bits per heavy atom. The zero-order valence-electron chi connectivity index (χ0n) is 80.8. The normalized spacial score (nSPS) is 10.9. The Labute approximate surface area is 836 Å². The largest absolute Gasteiger partial charge is 0.294 e. The monoisotopic (exact) mass is 1920 g/mol. The van der Waals surface area contributed by atoms with Gasteiger partial charge in [-0.3, -0.25) is 91.1 Å². The third kappa shape index (κ3) is 25.2. The van der Waals surface area contributed by atoms with Gasteiger partial charge in [-0.2, -0.15) is 5.10 Å². The molecule has 0 saturated carbocycles. The fourth-order valence-electron chi connectivity index (χ4n) is 16.5. The van der Waals surface area contributed by atoms with Crippen molar-refractivity contribution in [3.63, 3.8) is 0 Å². The zero-order valence-corrected chi connectivity index (χ0v) is 80.8. The summed E-state index contributed by atoms with van der Waals surface area (Å²) >= 11 is 0. The first-order valence-corrected chi connectivity index (χ1v) is 48.2. The quantitative estimate of drug-likeness (QED) is 0.0377. The van der Waals surface area contributed by atoms with Crippen LogP contribution in [0.2, 0.25) is 0 Å². The Morgan fingerprint density at radius 2 is 0.572 bits per heavy atom. The van der Waals surface area contributed by atoms with E-state index in [1.165, 1.54) is 15.6 Å². The molecular formula is C118H103N17O10. The van der Waals surface area contributed by atoms with Crippen molar-refractivity contribution in [1.82, 2.24) is 82.9 Å². The zero-order chi connectivity index (χ0) is 101. The Bertz CT molecular complexity index is 6910. The predicted octanol–water partition coefficient (Wildman–Crippen LogP) is 23.6. The van der Waals surface area contributed by atoms with Crippen LogP contribution < -0.4 is 0 Å². The summed E-state index contributed by atoms with van der Waals surface area (Å²) in [5.74, 6) is 1.63. The lowest BCUT2D eigenvalue weighted by molar-refractivity contribution is 0.0892. The maximum atomic E-state index is 12.5. The minimum absolute atomic E-state index is 0.00509. The Balaban J connectivity index is 0.000000130. The van der Waals surface area contributed by atoms with Crippen LogP contribution in [0.15, 0.2) is 354 Å². The highest BCUT2D eigenvalue weighted by Crippen LogP contribution is 2.32. The summed E-state index contributed by atoms with van der Waals surface area (Å²) in [6, 6.07) is 78.4. The van der Waals surface area contributed by atoms with Crippen LogP contribution in [0.3, 0.4) is 0 Å². The van der Waals surface area contributed by atoms with Crippen LogP contribution in [0.5, 0.6) is 0 Å². The van der Waals surface area contributed by atoms with E-state index in [4.69, 9.17) is 0 Å². The number of nitrogens with zero attached hydrogens (tertiary/aromatic N) is 17. The first-order valence-electron chi connectivity index (χ1n) is 48.2. The highest BCUT2D eigenvalue weighted by molar-refractivity contribution is 6.02. The number of carbonyl (C=O) groups excluding carboxylic acids is 10. The number of Topliss-reactive ketones (excluding diaryl/α,β-unsaturated/α-hetero) is 5. The van der Waals surface area contributed by atoms with Gasteiger partial charge in [0, 0.05) is 188 Å². The van der Waals surface area contributed by atoms with E-state index >= 15 is 0 Å². The summed E-state index contributed by atoms with van der Waals surface area (Å²) in [6.07, 6.45) is 36.9. The lowest BCUT2D eigenvalue weighted by atomic mass is 9.99. The van der Waals surface area contributed by atoms with Crippen molar-refractivity contribution in [2.45, 2.75) is 131 Å². The molecule has 8 aromatic carbocycles. The molecular weight excluding hydrogens is 1820 g/mol. The topological polar surface area (TPSA) is 350 Å². The van der Waals surface area contributed by atoms with Crippen molar-refractivity contribution < 1.29 is 47.9 Å². The first kappa shape index (κ1) is 99.9. The van der Waals surface area contributed by atoms with Gasteiger partial charge in [0.25, 0.3) is 0 Å². The van der Waals surface area contributed by atoms with E-state index in [1.54, 1.807) is 138 Å². The molecule has 0 amide bonds. The van der Waals surface area contributed by atoms with Crippen LogP contribution >= 0.6 is 0 Å². The molecule has 145 heavy (non-hydrogen) atoms. The molecule has 0 aliphatic carbocycles. The third-order valence-electron chi connectivity index (χ3n) is 24.7. The van der Waals surface area contributed by atoms with E-state index in [9.17, 15) is 47.9 Å². The van der Waals surface area contributed by atoms with Gasteiger partial charge >= 0.3 is 0 Å². The molecule has 0 aliphatic heterocycles. The molecule has 0 saturated heterocycles. The number of pyridine rings is 5. The van der Waals surface area contributed by atoms with Crippen LogP contribution in [-0.4, -0.2) is 141 Å². The molecule has 20 aromatic rings. The maximum absolute atomic E-state index is 12.5. The Hall–Kier alpha value is -18.1. The third-order valence-corrected chi connectivity index (χ3v) is 24.7. The fraction of sp³-hybridized carbons (Fsp3) is 0.169. The van der Waals surface area contributed by atoms with Crippen molar-refractivity contribution in [3.8, 4) is 56.2 Å². The predicted molar refractivity (Wildman–Crippen MR) is 560 cm³/mol. The summed E-state index contributed by atoms with van der Waals surface area (Å²) in [4.78, 5) is 169. The van der Waals surface area contributed by atoms with Gasteiger partial charge in [-0.25, -0.2) is 34.6 Å². The van der Waals surface area contributed by atoms with E-state index in [1.807, 2.05) is 252 Å². The summed E-state index contributed by atoms with van der Waals surface area (Å²) in [5, 5.41) is 6.15. The lowest BCUT2D eigenvalue weighted by Crippen LogP contribution is -2.09.